The maximum atomic E-state index is 3.71. The molecule has 0 radical (unpaired) electrons. The molecule has 2 heteroatoms. The predicted octanol–water partition coefficient (Wildman–Crippen LogP) is 4.40. The summed E-state index contributed by atoms with van der Waals surface area (Å²) in [5.41, 5.74) is 4.21. The quantitative estimate of drug-likeness (QED) is 0.880. The molecule has 114 valence electrons. The molecule has 2 aromatic rings. The third-order valence-corrected chi connectivity index (χ3v) is 5.37. The number of hydrogen-bond acceptors (Lipinski definition) is 1. The van der Waals surface area contributed by atoms with E-state index in [0.717, 1.165) is 18.4 Å². The van der Waals surface area contributed by atoms with Gasteiger partial charge in [0.05, 0.1) is 0 Å². The lowest BCUT2D eigenvalue weighted by atomic mass is 9.83. The number of aryl methyl sites for hydroxylation is 2. The fraction of sp³-hybridized carbons (Fsp3) is 0.579. The van der Waals surface area contributed by atoms with Gasteiger partial charge in [0.1, 0.15) is 0 Å². The Bertz CT molecular complexity index is 564. The molecule has 1 fully saturated rings. The van der Waals surface area contributed by atoms with Gasteiger partial charge < -0.3 is 9.88 Å². The van der Waals surface area contributed by atoms with Crippen molar-refractivity contribution >= 4 is 10.9 Å². The first kappa shape index (κ1) is 14.6. The van der Waals surface area contributed by atoms with E-state index in [2.05, 4.69) is 55.0 Å². The standard InChI is InChI=1S/C19H28N2/c1-14-8-10-16(11-9-14)12-20-13-19-15(2)17-6-4-5-7-18(17)21(19)3/h4-7,14,16,20H,8-13H2,1-3H3. The molecule has 1 N–H and O–H groups in total. The minimum Gasteiger partial charge on any atom is -0.346 e. The van der Waals surface area contributed by atoms with Crippen molar-refractivity contribution in [3.05, 3.63) is 35.5 Å². The lowest BCUT2D eigenvalue weighted by Gasteiger charge is -2.26. The minimum absolute atomic E-state index is 0.885. The molecule has 1 aromatic carbocycles. The zero-order valence-electron chi connectivity index (χ0n) is 13.7. The van der Waals surface area contributed by atoms with Gasteiger partial charge >= 0.3 is 0 Å². The predicted molar refractivity (Wildman–Crippen MR) is 90.5 cm³/mol. The number of aromatic nitrogens is 1. The van der Waals surface area contributed by atoms with Gasteiger partial charge in [0, 0.05) is 30.2 Å². The van der Waals surface area contributed by atoms with Crippen molar-refractivity contribution in [3.8, 4) is 0 Å². The minimum atomic E-state index is 0.885. The van der Waals surface area contributed by atoms with E-state index in [1.165, 1.54) is 54.4 Å². The van der Waals surface area contributed by atoms with Crippen LogP contribution in [0.25, 0.3) is 10.9 Å². The first-order chi connectivity index (χ1) is 10.2. The number of nitrogens with zero attached hydrogens (tertiary/aromatic N) is 1. The van der Waals surface area contributed by atoms with Gasteiger partial charge in [0.25, 0.3) is 0 Å². The van der Waals surface area contributed by atoms with Crippen LogP contribution in [-0.2, 0) is 13.6 Å². The molecule has 0 atom stereocenters. The van der Waals surface area contributed by atoms with Crippen LogP contribution in [0.1, 0.15) is 43.9 Å². The fourth-order valence-electron chi connectivity index (χ4n) is 3.81. The molecule has 0 amide bonds. The maximum Gasteiger partial charge on any atom is 0.0483 e. The Kier molecular flexibility index (Phi) is 4.34. The molecule has 0 spiro atoms. The number of hydrogen-bond donors (Lipinski definition) is 1. The van der Waals surface area contributed by atoms with E-state index in [4.69, 9.17) is 0 Å². The lowest BCUT2D eigenvalue weighted by molar-refractivity contribution is 0.281. The Morgan fingerprint density at radius 1 is 1.14 bits per heavy atom. The van der Waals surface area contributed by atoms with Gasteiger partial charge in [0.2, 0.25) is 0 Å². The van der Waals surface area contributed by atoms with Crippen molar-refractivity contribution < 1.29 is 0 Å². The monoisotopic (exact) mass is 284 g/mol. The summed E-state index contributed by atoms with van der Waals surface area (Å²) in [4.78, 5) is 0. The van der Waals surface area contributed by atoms with E-state index in [1.807, 2.05) is 0 Å². The summed E-state index contributed by atoms with van der Waals surface area (Å²) in [6.45, 7) is 6.81. The summed E-state index contributed by atoms with van der Waals surface area (Å²) < 4.78 is 2.35. The average molecular weight is 284 g/mol. The van der Waals surface area contributed by atoms with Crippen LogP contribution in [0.5, 0.6) is 0 Å². The van der Waals surface area contributed by atoms with Crippen molar-refractivity contribution in [2.75, 3.05) is 6.54 Å². The van der Waals surface area contributed by atoms with Crippen LogP contribution in [0.2, 0.25) is 0 Å². The lowest BCUT2D eigenvalue weighted by Crippen LogP contribution is -2.26. The van der Waals surface area contributed by atoms with E-state index >= 15 is 0 Å². The molecule has 0 saturated heterocycles. The molecule has 1 aromatic heterocycles. The molecule has 1 aliphatic carbocycles. The number of para-hydroxylation sites is 1. The number of rotatable bonds is 4. The summed E-state index contributed by atoms with van der Waals surface area (Å²) >= 11 is 0. The summed E-state index contributed by atoms with van der Waals surface area (Å²) in [6.07, 6.45) is 5.64. The largest absolute Gasteiger partial charge is 0.346 e. The number of nitrogens with one attached hydrogen (secondary N) is 1. The molecule has 2 nitrogen and oxygen atoms in total. The van der Waals surface area contributed by atoms with Gasteiger partial charge in [0.15, 0.2) is 0 Å². The molecule has 3 rings (SSSR count). The summed E-state index contributed by atoms with van der Waals surface area (Å²) in [5.74, 6) is 1.83. The molecule has 1 saturated carbocycles. The Hall–Kier alpha value is -1.28. The van der Waals surface area contributed by atoms with Crippen LogP contribution < -0.4 is 5.32 Å². The SMILES string of the molecule is Cc1c(CNCC2CCC(C)CC2)n(C)c2ccccc12. The van der Waals surface area contributed by atoms with E-state index in [9.17, 15) is 0 Å². The maximum absolute atomic E-state index is 3.71. The Labute approximate surface area is 128 Å². The van der Waals surface area contributed by atoms with Gasteiger partial charge in [-0.3, -0.25) is 0 Å². The second-order valence-electron chi connectivity index (χ2n) is 6.90. The third-order valence-electron chi connectivity index (χ3n) is 5.37. The smallest absolute Gasteiger partial charge is 0.0483 e. The molecule has 0 unspecified atom stereocenters. The van der Waals surface area contributed by atoms with Gasteiger partial charge in [-0.1, -0.05) is 38.0 Å². The molecular weight excluding hydrogens is 256 g/mol. The van der Waals surface area contributed by atoms with E-state index in [-0.39, 0.29) is 0 Å². The molecule has 0 bridgehead atoms. The molecule has 1 heterocycles. The van der Waals surface area contributed by atoms with Crippen molar-refractivity contribution in [1.82, 2.24) is 9.88 Å². The van der Waals surface area contributed by atoms with Crippen molar-refractivity contribution in [3.63, 3.8) is 0 Å². The Balaban J connectivity index is 1.63. The highest BCUT2D eigenvalue weighted by molar-refractivity contribution is 5.85. The molecule has 1 aliphatic rings. The second kappa shape index (κ2) is 6.23. The van der Waals surface area contributed by atoms with Gasteiger partial charge in [-0.25, -0.2) is 0 Å². The van der Waals surface area contributed by atoms with Crippen LogP contribution in [-0.4, -0.2) is 11.1 Å². The molecule has 21 heavy (non-hydrogen) atoms. The summed E-state index contributed by atoms with van der Waals surface area (Å²) in [6, 6.07) is 8.71. The van der Waals surface area contributed by atoms with Crippen LogP contribution >= 0.6 is 0 Å². The highest BCUT2D eigenvalue weighted by Gasteiger charge is 2.18. The third kappa shape index (κ3) is 3.01. The Morgan fingerprint density at radius 3 is 2.57 bits per heavy atom. The topological polar surface area (TPSA) is 17.0 Å². The van der Waals surface area contributed by atoms with Crippen LogP contribution in [0.4, 0.5) is 0 Å². The van der Waals surface area contributed by atoms with Gasteiger partial charge in [-0.15, -0.1) is 0 Å². The van der Waals surface area contributed by atoms with E-state index in [1.54, 1.807) is 0 Å². The summed E-state index contributed by atoms with van der Waals surface area (Å²) in [7, 11) is 2.19. The number of benzene rings is 1. The van der Waals surface area contributed by atoms with E-state index < -0.39 is 0 Å². The first-order valence-electron chi connectivity index (χ1n) is 8.40. The first-order valence-corrected chi connectivity index (χ1v) is 8.40. The van der Waals surface area contributed by atoms with E-state index in [0.29, 0.717) is 0 Å². The van der Waals surface area contributed by atoms with Crippen LogP contribution in [0, 0.1) is 18.8 Å². The Morgan fingerprint density at radius 2 is 1.86 bits per heavy atom. The normalized spacial score (nSPS) is 22.8. The molecule has 0 aliphatic heterocycles. The second-order valence-corrected chi connectivity index (χ2v) is 6.90. The van der Waals surface area contributed by atoms with Crippen LogP contribution in [0.15, 0.2) is 24.3 Å². The van der Waals surface area contributed by atoms with Gasteiger partial charge in [-0.2, -0.15) is 0 Å². The fourth-order valence-corrected chi connectivity index (χ4v) is 3.81. The van der Waals surface area contributed by atoms with Crippen molar-refractivity contribution in [1.29, 1.82) is 0 Å². The highest BCUT2D eigenvalue weighted by Crippen LogP contribution is 2.28. The van der Waals surface area contributed by atoms with Crippen molar-refractivity contribution in [2.45, 2.75) is 46.1 Å². The zero-order valence-corrected chi connectivity index (χ0v) is 13.7. The van der Waals surface area contributed by atoms with Gasteiger partial charge in [-0.05, 0) is 49.8 Å². The molecular formula is C19H28N2. The highest BCUT2D eigenvalue weighted by atomic mass is 15.0. The zero-order chi connectivity index (χ0) is 14.8. The average Bonchev–Trinajstić information content (AvgIpc) is 2.75. The van der Waals surface area contributed by atoms with Crippen molar-refractivity contribution in [2.24, 2.45) is 18.9 Å². The number of fused-ring (bicyclic) bond motifs is 1. The van der Waals surface area contributed by atoms with Crippen LogP contribution in [0.3, 0.4) is 0 Å². The summed E-state index contributed by atoms with van der Waals surface area (Å²) in [5, 5.41) is 5.10.